The third kappa shape index (κ3) is 4.12. The number of aromatic nitrogens is 5. The Morgan fingerprint density at radius 2 is 1.81 bits per heavy atom. The smallest absolute Gasteiger partial charge is 0.219 e. The zero-order valence-corrected chi connectivity index (χ0v) is 20.4. The van der Waals surface area contributed by atoms with Crippen LogP contribution in [0.15, 0.2) is 60.9 Å². The van der Waals surface area contributed by atoms with Crippen LogP contribution in [0, 0.1) is 5.92 Å². The number of nitrogens with two attached hydrogens (primary N) is 2. The van der Waals surface area contributed by atoms with E-state index in [1.165, 1.54) is 6.33 Å². The van der Waals surface area contributed by atoms with Crippen molar-refractivity contribution < 1.29 is 4.74 Å². The van der Waals surface area contributed by atoms with Gasteiger partial charge in [0.15, 0.2) is 5.65 Å². The summed E-state index contributed by atoms with van der Waals surface area (Å²) in [5.41, 5.74) is 15.1. The first-order valence-electron chi connectivity index (χ1n) is 12.1. The molecule has 3 heterocycles. The Morgan fingerprint density at radius 1 is 1.00 bits per heavy atom. The second kappa shape index (κ2) is 9.37. The molecule has 0 radical (unpaired) electrons. The van der Waals surface area contributed by atoms with E-state index in [1.807, 2.05) is 59.3 Å². The highest BCUT2D eigenvalue weighted by Crippen LogP contribution is 2.40. The van der Waals surface area contributed by atoms with E-state index in [-0.39, 0.29) is 6.04 Å². The number of anilines is 1. The van der Waals surface area contributed by atoms with Gasteiger partial charge in [0, 0.05) is 17.0 Å². The molecule has 0 saturated heterocycles. The van der Waals surface area contributed by atoms with Crippen molar-refractivity contribution >= 4 is 39.4 Å². The van der Waals surface area contributed by atoms with Gasteiger partial charge >= 0.3 is 0 Å². The van der Waals surface area contributed by atoms with Crippen molar-refractivity contribution in [3.05, 3.63) is 65.9 Å². The quantitative estimate of drug-likeness (QED) is 0.315. The van der Waals surface area contributed by atoms with Crippen LogP contribution in [-0.4, -0.2) is 31.3 Å². The lowest BCUT2D eigenvalue weighted by Gasteiger charge is -2.27. The fourth-order valence-electron chi connectivity index (χ4n) is 5.04. The maximum atomic E-state index is 6.79. The molecule has 9 heteroatoms. The molecular formula is C27H26ClN7O. The molecule has 1 aliphatic carbocycles. The molecule has 0 unspecified atom stereocenters. The lowest BCUT2D eigenvalue weighted by atomic mass is 9.86. The van der Waals surface area contributed by atoms with Crippen LogP contribution in [0.4, 0.5) is 5.82 Å². The summed E-state index contributed by atoms with van der Waals surface area (Å²) in [5.74, 6) is 2.16. The molecule has 0 bridgehead atoms. The number of ether oxygens (including phenoxy) is 1. The predicted molar refractivity (Wildman–Crippen MR) is 142 cm³/mol. The summed E-state index contributed by atoms with van der Waals surface area (Å²) in [6.07, 6.45) is 5.62. The molecule has 4 N–H and O–H groups in total. The number of hydrogen-bond acceptors (Lipinski definition) is 7. The molecule has 182 valence electrons. The maximum Gasteiger partial charge on any atom is 0.219 e. The third-order valence-electron chi connectivity index (χ3n) is 6.99. The molecule has 3 aromatic heterocycles. The molecule has 2 aromatic carbocycles. The first kappa shape index (κ1) is 22.7. The highest BCUT2D eigenvalue weighted by molar-refractivity contribution is 6.34. The van der Waals surface area contributed by atoms with Crippen molar-refractivity contribution in [1.29, 1.82) is 0 Å². The standard InChI is InChI=1S/C27H26ClN7O/c28-21-12-17-8-11-23(36-19-4-2-1-3-5-19)33-22(17)13-20(21)25-24-26(30)31-15-32-27(24)35(34-25)18-9-6-16(14-29)7-10-18/h1-5,8,11-13,15-16,18H,6-7,9-10,14,29H2,(H2,30,31,32). The average molecular weight is 500 g/mol. The normalized spacial score (nSPS) is 18.1. The van der Waals surface area contributed by atoms with Crippen LogP contribution < -0.4 is 16.2 Å². The Hall–Kier alpha value is -3.75. The van der Waals surface area contributed by atoms with Gasteiger partial charge in [-0.25, -0.2) is 19.6 Å². The van der Waals surface area contributed by atoms with Crippen molar-refractivity contribution in [2.75, 3.05) is 12.3 Å². The van der Waals surface area contributed by atoms with Gasteiger partial charge in [-0.2, -0.15) is 5.10 Å². The molecule has 8 nitrogen and oxygen atoms in total. The molecular weight excluding hydrogens is 474 g/mol. The highest BCUT2D eigenvalue weighted by atomic mass is 35.5. The number of halogens is 1. The minimum Gasteiger partial charge on any atom is -0.439 e. The molecule has 36 heavy (non-hydrogen) atoms. The monoisotopic (exact) mass is 499 g/mol. The zero-order valence-electron chi connectivity index (χ0n) is 19.6. The van der Waals surface area contributed by atoms with Gasteiger partial charge < -0.3 is 16.2 Å². The predicted octanol–water partition coefficient (Wildman–Crippen LogP) is 5.76. The second-order valence-corrected chi connectivity index (χ2v) is 9.66. The van der Waals surface area contributed by atoms with Crippen LogP contribution in [0.25, 0.3) is 33.2 Å². The number of pyridine rings is 1. The first-order chi connectivity index (χ1) is 17.6. The first-order valence-corrected chi connectivity index (χ1v) is 12.5. The minimum absolute atomic E-state index is 0.224. The van der Waals surface area contributed by atoms with Crippen LogP contribution in [0.2, 0.25) is 5.02 Å². The topological polar surface area (TPSA) is 118 Å². The van der Waals surface area contributed by atoms with Crippen LogP contribution in [0.5, 0.6) is 11.6 Å². The van der Waals surface area contributed by atoms with Gasteiger partial charge in [-0.15, -0.1) is 0 Å². The van der Waals surface area contributed by atoms with Gasteiger partial charge in [-0.3, -0.25) is 0 Å². The van der Waals surface area contributed by atoms with Crippen molar-refractivity contribution in [3.8, 4) is 22.9 Å². The van der Waals surface area contributed by atoms with E-state index in [0.717, 1.165) is 60.1 Å². The van der Waals surface area contributed by atoms with E-state index in [9.17, 15) is 0 Å². The summed E-state index contributed by atoms with van der Waals surface area (Å²) in [5, 5.41) is 7.18. The Morgan fingerprint density at radius 3 is 2.58 bits per heavy atom. The van der Waals surface area contributed by atoms with Gasteiger partial charge in [-0.05, 0) is 68.5 Å². The van der Waals surface area contributed by atoms with E-state index in [1.54, 1.807) is 0 Å². The number of rotatable bonds is 5. The van der Waals surface area contributed by atoms with Crippen molar-refractivity contribution in [2.45, 2.75) is 31.7 Å². The number of para-hydroxylation sites is 1. The van der Waals surface area contributed by atoms with Gasteiger partial charge in [-0.1, -0.05) is 29.8 Å². The zero-order chi connectivity index (χ0) is 24.6. The molecule has 0 atom stereocenters. The fourth-order valence-corrected chi connectivity index (χ4v) is 5.30. The molecule has 1 fully saturated rings. The van der Waals surface area contributed by atoms with Crippen molar-refractivity contribution in [3.63, 3.8) is 0 Å². The Labute approximate surface area is 213 Å². The summed E-state index contributed by atoms with van der Waals surface area (Å²) in [6, 6.07) is 17.4. The van der Waals surface area contributed by atoms with E-state index in [2.05, 4.69) is 9.97 Å². The minimum atomic E-state index is 0.224. The van der Waals surface area contributed by atoms with Gasteiger partial charge in [0.1, 0.15) is 23.6 Å². The number of nitrogens with zero attached hydrogens (tertiary/aromatic N) is 5. The third-order valence-corrected chi connectivity index (χ3v) is 7.30. The van der Waals surface area contributed by atoms with Crippen LogP contribution in [-0.2, 0) is 0 Å². The van der Waals surface area contributed by atoms with E-state index in [4.69, 9.17) is 37.9 Å². The number of benzene rings is 2. The Kier molecular flexibility index (Phi) is 5.91. The Balaban J connectivity index is 1.44. The van der Waals surface area contributed by atoms with Gasteiger partial charge in [0.2, 0.25) is 5.88 Å². The molecule has 0 amide bonds. The van der Waals surface area contributed by atoms with Crippen LogP contribution in [0.3, 0.4) is 0 Å². The molecule has 1 saturated carbocycles. The summed E-state index contributed by atoms with van der Waals surface area (Å²) >= 11 is 6.79. The van der Waals surface area contributed by atoms with Crippen LogP contribution in [0.1, 0.15) is 31.7 Å². The van der Waals surface area contributed by atoms with Crippen molar-refractivity contribution in [2.24, 2.45) is 11.7 Å². The summed E-state index contributed by atoms with van der Waals surface area (Å²) < 4.78 is 7.94. The fraction of sp³-hybridized carbons (Fsp3) is 0.259. The SMILES string of the molecule is NCC1CCC(n2nc(-c3cc4nc(Oc5ccccc5)ccc4cc3Cl)c3c(N)ncnc32)CC1. The van der Waals surface area contributed by atoms with E-state index < -0.39 is 0 Å². The summed E-state index contributed by atoms with van der Waals surface area (Å²) in [7, 11) is 0. The molecule has 1 aliphatic rings. The second-order valence-electron chi connectivity index (χ2n) is 9.25. The highest BCUT2D eigenvalue weighted by Gasteiger charge is 2.27. The lowest BCUT2D eigenvalue weighted by molar-refractivity contribution is 0.269. The largest absolute Gasteiger partial charge is 0.439 e. The van der Waals surface area contributed by atoms with E-state index in [0.29, 0.717) is 33.7 Å². The number of nitrogen functional groups attached to an aromatic ring is 1. The van der Waals surface area contributed by atoms with Crippen molar-refractivity contribution in [1.82, 2.24) is 24.7 Å². The van der Waals surface area contributed by atoms with E-state index >= 15 is 0 Å². The summed E-state index contributed by atoms with van der Waals surface area (Å²) in [4.78, 5) is 13.5. The molecule has 5 aromatic rings. The Bertz CT molecular complexity index is 1540. The van der Waals surface area contributed by atoms with Gasteiger partial charge in [0.05, 0.1) is 22.0 Å². The van der Waals surface area contributed by atoms with Gasteiger partial charge in [0.25, 0.3) is 0 Å². The average Bonchev–Trinajstić information content (AvgIpc) is 3.30. The van der Waals surface area contributed by atoms with Crippen LogP contribution >= 0.6 is 11.6 Å². The number of hydrogen-bond donors (Lipinski definition) is 2. The molecule has 0 spiro atoms. The molecule has 0 aliphatic heterocycles. The number of fused-ring (bicyclic) bond motifs is 2. The molecule has 6 rings (SSSR count). The summed E-state index contributed by atoms with van der Waals surface area (Å²) in [6.45, 7) is 0.725. The lowest BCUT2D eigenvalue weighted by Crippen LogP contribution is -2.24. The maximum absolute atomic E-state index is 6.79.